The summed E-state index contributed by atoms with van der Waals surface area (Å²) in [6.07, 6.45) is 6.75. The normalized spacial score (nSPS) is 30.7. The van der Waals surface area contributed by atoms with Crippen LogP contribution >= 0.6 is 0 Å². The molecule has 82 valence electrons. The number of hydrogen-bond donors (Lipinski definition) is 1. The molecule has 1 saturated carbocycles. The number of carboxylic acid groups (broad SMARTS) is 1. The van der Waals surface area contributed by atoms with E-state index < -0.39 is 11.5 Å². The molecule has 0 spiro atoms. The molecule has 0 aromatic heterocycles. The van der Waals surface area contributed by atoms with Gasteiger partial charge in [0, 0.05) is 0 Å². The minimum absolute atomic E-state index is 0. The molecule has 4 heteroatoms. The zero-order chi connectivity index (χ0) is 10.6. The third-order valence-electron chi connectivity index (χ3n) is 3.37. The Hall–Kier alpha value is 0.430. The zero-order valence-electron chi connectivity index (χ0n) is 9.92. The summed E-state index contributed by atoms with van der Waals surface area (Å²) < 4.78 is 0. The molecule has 0 saturated heterocycles. The third kappa shape index (κ3) is 4.43. The average Bonchev–Trinajstić information content (AvgIpc) is 2.17. The Morgan fingerprint density at radius 2 is 2.00 bits per heavy atom. The smallest absolute Gasteiger partial charge is 0.548 e. The number of aliphatic carboxylic acids is 1. The molecule has 3 nitrogen and oxygen atoms in total. The summed E-state index contributed by atoms with van der Waals surface area (Å²) in [5.74, 6) is -0.391. The summed E-state index contributed by atoms with van der Waals surface area (Å²) in [6.45, 7) is 2.18. The van der Waals surface area contributed by atoms with Crippen LogP contribution in [0.25, 0.3) is 0 Å². The minimum atomic E-state index is -1.08. The Morgan fingerprint density at radius 3 is 2.40 bits per heavy atom. The molecule has 0 heterocycles. The number of carboxylic acids is 1. The molecule has 0 aromatic carbocycles. The number of carbonyl (C=O) groups is 1. The van der Waals surface area contributed by atoms with Crippen LogP contribution in [0, 0.1) is 5.92 Å². The standard InChI is InChI=1S/C11H21NO2.Na/c1-2-3-4-9-5-7-11(12,8-6-9)10(13)14;/h9H,2-8,12H2,1H3,(H,13,14);/q;+1/p-1. The summed E-state index contributed by atoms with van der Waals surface area (Å²) in [4.78, 5) is 10.8. The zero-order valence-corrected chi connectivity index (χ0v) is 11.9. The maximum atomic E-state index is 10.8. The van der Waals surface area contributed by atoms with E-state index in [9.17, 15) is 9.90 Å². The first-order valence-corrected chi connectivity index (χ1v) is 5.59. The molecule has 1 aliphatic carbocycles. The van der Waals surface area contributed by atoms with Crippen molar-refractivity contribution in [3.05, 3.63) is 0 Å². The SMILES string of the molecule is CCCCC1CCC(N)(C(=O)[O-])CC1.[Na+]. The topological polar surface area (TPSA) is 66.2 Å². The molecule has 1 rings (SSSR count). The number of carbonyl (C=O) groups excluding carboxylic acids is 1. The van der Waals surface area contributed by atoms with Crippen molar-refractivity contribution >= 4 is 5.97 Å². The molecular weight excluding hydrogens is 201 g/mol. The summed E-state index contributed by atoms with van der Waals surface area (Å²) in [5.41, 5.74) is 4.69. The molecular formula is C11H20NNaO2. The first-order valence-electron chi connectivity index (χ1n) is 5.59. The molecule has 2 N–H and O–H groups in total. The van der Waals surface area contributed by atoms with E-state index in [1.165, 1.54) is 19.3 Å². The van der Waals surface area contributed by atoms with E-state index in [0.717, 1.165) is 12.8 Å². The maximum Gasteiger partial charge on any atom is 1.00 e. The van der Waals surface area contributed by atoms with Crippen molar-refractivity contribution in [2.75, 3.05) is 0 Å². The van der Waals surface area contributed by atoms with Crippen molar-refractivity contribution in [3.8, 4) is 0 Å². The van der Waals surface area contributed by atoms with Gasteiger partial charge in [-0.3, -0.25) is 0 Å². The number of rotatable bonds is 4. The maximum absolute atomic E-state index is 10.8. The molecule has 1 fully saturated rings. The quantitative estimate of drug-likeness (QED) is 0.549. The minimum Gasteiger partial charge on any atom is -0.548 e. The molecule has 0 amide bonds. The van der Waals surface area contributed by atoms with E-state index in [1.807, 2.05) is 0 Å². The van der Waals surface area contributed by atoms with Gasteiger partial charge >= 0.3 is 29.6 Å². The van der Waals surface area contributed by atoms with Crippen molar-refractivity contribution in [1.82, 2.24) is 0 Å². The van der Waals surface area contributed by atoms with Gasteiger partial charge in [0.15, 0.2) is 0 Å². The van der Waals surface area contributed by atoms with Gasteiger partial charge in [-0.1, -0.05) is 26.2 Å². The number of nitrogens with two attached hydrogens (primary N) is 1. The second kappa shape index (κ2) is 6.89. The largest absolute Gasteiger partial charge is 1.00 e. The fourth-order valence-electron chi connectivity index (χ4n) is 2.18. The van der Waals surface area contributed by atoms with Crippen molar-refractivity contribution in [2.45, 2.75) is 57.4 Å². The van der Waals surface area contributed by atoms with Crippen LogP contribution in [0.1, 0.15) is 51.9 Å². The first kappa shape index (κ1) is 15.4. The number of unbranched alkanes of at least 4 members (excludes halogenated alkanes) is 1. The van der Waals surface area contributed by atoms with Gasteiger partial charge in [0.25, 0.3) is 0 Å². The summed E-state index contributed by atoms with van der Waals surface area (Å²) >= 11 is 0. The Morgan fingerprint density at radius 1 is 1.47 bits per heavy atom. The van der Waals surface area contributed by atoms with Crippen molar-refractivity contribution < 1.29 is 39.5 Å². The number of hydrogen-bond acceptors (Lipinski definition) is 3. The molecule has 1 aliphatic rings. The summed E-state index contributed by atoms with van der Waals surface area (Å²) in [7, 11) is 0. The van der Waals surface area contributed by atoms with E-state index in [0.29, 0.717) is 18.8 Å². The van der Waals surface area contributed by atoms with Gasteiger partial charge in [-0.05, 0) is 31.6 Å². The van der Waals surface area contributed by atoms with Gasteiger partial charge in [-0.25, -0.2) is 0 Å². The Kier molecular flexibility index (Phi) is 7.09. The van der Waals surface area contributed by atoms with Crippen LogP contribution in [-0.4, -0.2) is 11.5 Å². The Labute approximate surface area is 114 Å². The van der Waals surface area contributed by atoms with Crippen molar-refractivity contribution in [1.29, 1.82) is 0 Å². The van der Waals surface area contributed by atoms with Crippen LogP contribution < -0.4 is 40.4 Å². The third-order valence-corrected chi connectivity index (χ3v) is 3.37. The van der Waals surface area contributed by atoms with Crippen LogP contribution in [0.3, 0.4) is 0 Å². The van der Waals surface area contributed by atoms with Crippen LogP contribution in [-0.2, 0) is 4.79 Å². The van der Waals surface area contributed by atoms with Crippen LogP contribution in [0.15, 0.2) is 0 Å². The van der Waals surface area contributed by atoms with Gasteiger partial charge in [-0.2, -0.15) is 0 Å². The molecule has 0 aromatic rings. The van der Waals surface area contributed by atoms with Crippen LogP contribution in [0.5, 0.6) is 0 Å². The van der Waals surface area contributed by atoms with Gasteiger partial charge in [0.1, 0.15) is 0 Å². The predicted octanol–water partition coefficient (Wildman–Crippen LogP) is -2.18. The molecule has 0 atom stereocenters. The van der Waals surface area contributed by atoms with Crippen LogP contribution in [0.2, 0.25) is 0 Å². The fraction of sp³-hybridized carbons (Fsp3) is 0.909. The fourth-order valence-corrected chi connectivity index (χ4v) is 2.18. The molecule has 0 unspecified atom stereocenters. The predicted molar refractivity (Wildman–Crippen MR) is 53.4 cm³/mol. The van der Waals surface area contributed by atoms with E-state index >= 15 is 0 Å². The van der Waals surface area contributed by atoms with Crippen molar-refractivity contribution in [3.63, 3.8) is 0 Å². The van der Waals surface area contributed by atoms with Gasteiger partial charge in [-0.15, -0.1) is 0 Å². The summed E-state index contributed by atoms with van der Waals surface area (Å²) in [6, 6.07) is 0. The van der Waals surface area contributed by atoms with E-state index in [-0.39, 0.29) is 29.6 Å². The molecule has 0 radical (unpaired) electrons. The molecule has 15 heavy (non-hydrogen) atoms. The second-order valence-electron chi connectivity index (χ2n) is 4.53. The molecule has 0 bridgehead atoms. The monoisotopic (exact) mass is 221 g/mol. The first-order chi connectivity index (χ1) is 6.58. The van der Waals surface area contributed by atoms with E-state index in [4.69, 9.17) is 5.73 Å². The Balaban J connectivity index is 0.00000196. The average molecular weight is 221 g/mol. The Bertz CT molecular complexity index is 201. The summed E-state index contributed by atoms with van der Waals surface area (Å²) in [5, 5.41) is 10.8. The molecule has 0 aliphatic heterocycles. The van der Waals surface area contributed by atoms with E-state index in [1.54, 1.807) is 0 Å². The van der Waals surface area contributed by atoms with Crippen molar-refractivity contribution in [2.24, 2.45) is 11.7 Å². The van der Waals surface area contributed by atoms with Gasteiger partial charge in [0.2, 0.25) is 0 Å². The van der Waals surface area contributed by atoms with Gasteiger partial charge < -0.3 is 15.6 Å². The second-order valence-corrected chi connectivity index (χ2v) is 4.53. The van der Waals surface area contributed by atoms with Crippen LogP contribution in [0.4, 0.5) is 0 Å². The van der Waals surface area contributed by atoms with E-state index in [2.05, 4.69) is 6.92 Å². The van der Waals surface area contributed by atoms with Gasteiger partial charge in [0.05, 0.1) is 11.5 Å².